The van der Waals surface area contributed by atoms with E-state index in [2.05, 4.69) is 0 Å². The minimum Gasteiger partial charge on any atom is -0.304 e. The average molecular weight is 266 g/mol. The van der Waals surface area contributed by atoms with Crippen molar-refractivity contribution in [3.63, 3.8) is 0 Å². The van der Waals surface area contributed by atoms with E-state index in [1.807, 2.05) is 32.9 Å². The summed E-state index contributed by atoms with van der Waals surface area (Å²) in [4.78, 5) is 25.7. The van der Waals surface area contributed by atoms with Crippen molar-refractivity contribution in [1.29, 1.82) is 0 Å². The van der Waals surface area contributed by atoms with Crippen LogP contribution in [0.25, 0.3) is 0 Å². The maximum Gasteiger partial charge on any atom is 0.299 e. The lowest BCUT2D eigenvalue weighted by molar-refractivity contribution is -0.114. The van der Waals surface area contributed by atoms with Gasteiger partial charge in [0.15, 0.2) is 0 Å². The van der Waals surface area contributed by atoms with Gasteiger partial charge in [0.05, 0.1) is 11.3 Å². The van der Waals surface area contributed by atoms with Crippen molar-refractivity contribution < 1.29 is 9.59 Å². The highest BCUT2D eigenvalue weighted by Crippen LogP contribution is 2.35. The van der Waals surface area contributed by atoms with E-state index in [1.165, 1.54) is 0 Å². The summed E-state index contributed by atoms with van der Waals surface area (Å²) in [6.07, 6.45) is 0. The molecule has 1 atom stereocenters. The normalized spacial score (nSPS) is 16.1. The highest BCUT2D eigenvalue weighted by molar-refractivity contribution is 6.52. The summed E-state index contributed by atoms with van der Waals surface area (Å²) >= 11 is 5.79. The van der Waals surface area contributed by atoms with Gasteiger partial charge in [0.1, 0.15) is 0 Å². The van der Waals surface area contributed by atoms with E-state index >= 15 is 0 Å². The Bertz CT molecular complexity index is 525. The maximum absolute atomic E-state index is 12.1. The second-order valence-electron chi connectivity index (χ2n) is 4.93. The minimum atomic E-state index is -0.431. The highest BCUT2D eigenvalue weighted by Gasteiger charge is 2.38. The Morgan fingerprint density at radius 3 is 2.44 bits per heavy atom. The summed E-state index contributed by atoms with van der Waals surface area (Å²) < 4.78 is 0. The van der Waals surface area contributed by atoms with Crippen LogP contribution in [0.3, 0.4) is 0 Å². The molecule has 96 valence electrons. The second-order valence-corrected chi connectivity index (χ2v) is 5.24. The lowest BCUT2D eigenvalue weighted by atomic mass is 10.0. The van der Waals surface area contributed by atoms with Gasteiger partial charge < -0.3 is 4.90 Å². The third-order valence-electron chi connectivity index (χ3n) is 3.28. The standard InChI is InChI=1S/C14H16ClNO2/c1-8(6-15)7-16-12-10(3)5-4-9(2)11(12)13(17)14(16)18/h4-5,8H,6-7H2,1-3H3. The summed E-state index contributed by atoms with van der Waals surface area (Å²) in [5, 5.41) is 0. The van der Waals surface area contributed by atoms with Gasteiger partial charge in [0.25, 0.3) is 11.7 Å². The lowest BCUT2D eigenvalue weighted by Gasteiger charge is -2.21. The van der Waals surface area contributed by atoms with Gasteiger partial charge in [-0.15, -0.1) is 11.6 Å². The summed E-state index contributed by atoms with van der Waals surface area (Å²) in [7, 11) is 0. The van der Waals surface area contributed by atoms with Crippen molar-refractivity contribution in [1.82, 2.24) is 0 Å². The fourth-order valence-corrected chi connectivity index (χ4v) is 2.39. The number of anilines is 1. The van der Waals surface area contributed by atoms with Gasteiger partial charge in [-0.25, -0.2) is 0 Å². The number of rotatable bonds is 3. The van der Waals surface area contributed by atoms with Crippen LogP contribution in [-0.4, -0.2) is 24.1 Å². The molecule has 2 rings (SSSR count). The first kappa shape index (κ1) is 13.1. The first-order valence-electron chi connectivity index (χ1n) is 5.99. The van der Waals surface area contributed by atoms with Crippen molar-refractivity contribution in [2.24, 2.45) is 5.92 Å². The quantitative estimate of drug-likeness (QED) is 0.622. The molecule has 0 saturated carbocycles. The Kier molecular flexibility index (Phi) is 3.44. The topological polar surface area (TPSA) is 37.4 Å². The van der Waals surface area contributed by atoms with Crippen LogP contribution < -0.4 is 4.90 Å². The molecule has 0 fully saturated rings. The van der Waals surface area contributed by atoms with Gasteiger partial charge in [0.2, 0.25) is 0 Å². The molecule has 0 spiro atoms. The highest BCUT2D eigenvalue weighted by atomic mass is 35.5. The van der Waals surface area contributed by atoms with Gasteiger partial charge in [-0.2, -0.15) is 0 Å². The molecule has 0 radical (unpaired) electrons. The van der Waals surface area contributed by atoms with E-state index in [4.69, 9.17) is 11.6 Å². The Hall–Kier alpha value is -1.35. The number of carbonyl (C=O) groups excluding carboxylic acids is 2. The molecule has 1 unspecified atom stereocenters. The Labute approximate surface area is 112 Å². The Balaban J connectivity index is 2.51. The van der Waals surface area contributed by atoms with Gasteiger partial charge >= 0.3 is 0 Å². The molecule has 1 heterocycles. The smallest absolute Gasteiger partial charge is 0.299 e. The van der Waals surface area contributed by atoms with Gasteiger partial charge in [-0.1, -0.05) is 19.1 Å². The molecule has 3 nitrogen and oxygen atoms in total. The van der Waals surface area contributed by atoms with Crippen LogP contribution in [0.1, 0.15) is 28.4 Å². The number of Topliss-reactive ketones (excluding diaryl/α,β-unsaturated/α-hetero) is 1. The largest absolute Gasteiger partial charge is 0.304 e. The number of fused-ring (bicyclic) bond motifs is 1. The molecule has 1 aliphatic heterocycles. The fraction of sp³-hybridized carbons (Fsp3) is 0.429. The molecule has 1 aliphatic rings. The Morgan fingerprint density at radius 1 is 1.22 bits per heavy atom. The van der Waals surface area contributed by atoms with Gasteiger partial charge in [-0.3, -0.25) is 9.59 Å². The monoisotopic (exact) mass is 265 g/mol. The fourth-order valence-electron chi connectivity index (χ4n) is 2.30. The molecule has 4 heteroatoms. The van der Waals surface area contributed by atoms with E-state index in [1.54, 1.807) is 4.90 Å². The first-order valence-corrected chi connectivity index (χ1v) is 6.53. The Morgan fingerprint density at radius 2 is 1.83 bits per heavy atom. The molecule has 1 aromatic carbocycles. The predicted octanol–water partition coefficient (Wildman–Crippen LogP) is 2.71. The predicted molar refractivity (Wildman–Crippen MR) is 72.5 cm³/mol. The SMILES string of the molecule is Cc1ccc(C)c2c1C(=O)C(=O)N2CC(C)CCl. The van der Waals surface area contributed by atoms with Gasteiger partial charge in [0, 0.05) is 12.4 Å². The zero-order valence-electron chi connectivity index (χ0n) is 10.8. The van der Waals surface area contributed by atoms with Crippen molar-refractivity contribution >= 4 is 29.0 Å². The van der Waals surface area contributed by atoms with Crippen LogP contribution in [0, 0.1) is 19.8 Å². The molecular weight excluding hydrogens is 250 g/mol. The number of carbonyl (C=O) groups is 2. The number of hydrogen-bond donors (Lipinski definition) is 0. The van der Waals surface area contributed by atoms with Crippen molar-refractivity contribution in [3.8, 4) is 0 Å². The summed E-state index contributed by atoms with van der Waals surface area (Å²) in [6, 6.07) is 3.83. The zero-order valence-corrected chi connectivity index (χ0v) is 11.5. The zero-order chi connectivity index (χ0) is 13.4. The summed E-state index contributed by atoms with van der Waals surface area (Å²) in [5.41, 5.74) is 3.13. The molecule has 0 bridgehead atoms. The van der Waals surface area contributed by atoms with Crippen molar-refractivity contribution in [3.05, 3.63) is 28.8 Å². The summed E-state index contributed by atoms with van der Waals surface area (Å²) in [6.45, 7) is 6.24. The number of halogens is 1. The van der Waals surface area contributed by atoms with Crippen LogP contribution in [-0.2, 0) is 4.79 Å². The number of nitrogens with zero attached hydrogens (tertiary/aromatic N) is 1. The molecule has 18 heavy (non-hydrogen) atoms. The molecule has 1 aromatic rings. The number of aryl methyl sites for hydroxylation is 2. The van der Waals surface area contributed by atoms with Crippen LogP contribution in [0.5, 0.6) is 0 Å². The van der Waals surface area contributed by atoms with Crippen LogP contribution >= 0.6 is 11.6 Å². The van der Waals surface area contributed by atoms with E-state index in [-0.39, 0.29) is 5.92 Å². The van der Waals surface area contributed by atoms with Crippen molar-refractivity contribution in [2.45, 2.75) is 20.8 Å². The summed E-state index contributed by atoms with van der Waals surface area (Å²) in [5.74, 6) is -0.195. The van der Waals surface area contributed by atoms with E-state index in [0.29, 0.717) is 18.0 Å². The van der Waals surface area contributed by atoms with E-state index < -0.39 is 11.7 Å². The lowest BCUT2D eigenvalue weighted by Crippen LogP contribution is -2.34. The van der Waals surface area contributed by atoms with Gasteiger partial charge in [-0.05, 0) is 30.9 Å². The number of amides is 1. The number of alkyl halides is 1. The third kappa shape index (κ3) is 1.93. The number of ketones is 1. The number of benzene rings is 1. The molecule has 1 amide bonds. The third-order valence-corrected chi connectivity index (χ3v) is 3.81. The van der Waals surface area contributed by atoms with Crippen molar-refractivity contribution in [2.75, 3.05) is 17.3 Å². The molecule has 0 aromatic heterocycles. The molecular formula is C14H16ClNO2. The van der Waals surface area contributed by atoms with E-state index in [0.717, 1.165) is 16.8 Å². The molecule has 0 saturated heterocycles. The van der Waals surface area contributed by atoms with Crippen LogP contribution in [0.15, 0.2) is 12.1 Å². The molecule has 0 N–H and O–H groups in total. The average Bonchev–Trinajstić information content (AvgIpc) is 2.60. The second kappa shape index (κ2) is 4.73. The maximum atomic E-state index is 12.1. The number of hydrogen-bond acceptors (Lipinski definition) is 2. The molecule has 0 aliphatic carbocycles. The first-order chi connectivity index (χ1) is 8.47. The minimum absolute atomic E-state index is 0.161. The van der Waals surface area contributed by atoms with Crippen LogP contribution in [0.2, 0.25) is 0 Å². The van der Waals surface area contributed by atoms with Crippen LogP contribution in [0.4, 0.5) is 5.69 Å². The van der Waals surface area contributed by atoms with E-state index in [9.17, 15) is 9.59 Å².